The first-order chi connectivity index (χ1) is 7.77. The highest BCUT2D eigenvalue weighted by Gasteiger charge is 2.09. The Morgan fingerprint density at radius 1 is 1.19 bits per heavy atom. The van der Waals surface area contributed by atoms with Gasteiger partial charge in [-0.2, -0.15) is 0 Å². The molecule has 0 bridgehead atoms. The Balaban J connectivity index is 2.72. The van der Waals surface area contributed by atoms with E-state index in [4.69, 9.17) is 0 Å². The molecule has 0 N–H and O–H groups in total. The topological polar surface area (TPSA) is 0 Å². The highest BCUT2D eigenvalue weighted by Crippen LogP contribution is 2.35. The number of hydrogen-bond donors (Lipinski definition) is 0. The zero-order valence-corrected chi connectivity index (χ0v) is 10.8. The van der Waals surface area contributed by atoms with E-state index >= 15 is 0 Å². The molecule has 1 aromatic heterocycles. The number of rotatable bonds is 2. The van der Waals surface area contributed by atoms with Gasteiger partial charge in [0.1, 0.15) is 0 Å². The predicted octanol–water partition coefficient (Wildman–Crippen LogP) is 5.19. The number of allylic oxidation sites excluding steroid dienone is 4. The van der Waals surface area contributed by atoms with Gasteiger partial charge in [-0.3, -0.25) is 0 Å². The zero-order chi connectivity index (χ0) is 11.5. The second kappa shape index (κ2) is 4.67. The fraction of sp³-hybridized carbons (Fsp3) is 0.200. The average molecular weight is 228 g/mol. The summed E-state index contributed by atoms with van der Waals surface area (Å²) in [6.07, 6.45) is 6.46. The number of benzene rings is 1. The van der Waals surface area contributed by atoms with E-state index in [-0.39, 0.29) is 0 Å². The predicted molar refractivity (Wildman–Crippen MR) is 75.0 cm³/mol. The summed E-state index contributed by atoms with van der Waals surface area (Å²) in [4.78, 5) is 1.40. The van der Waals surface area contributed by atoms with Gasteiger partial charge < -0.3 is 0 Å². The van der Waals surface area contributed by atoms with Crippen LogP contribution >= 0.6 is 11.3 Å². The molecule has 2 aromatic rings. The Hall–Kier alpha value is -1.34. The molecule has 0 aliphatic heterocycles. The lowest BCUT2D eigenvalue weighted by Crippen LogP contribution is -1.81. The molecule has 1 heteroatoms. The Kier molecular flexibility index (Phi) is 3.25. The van der Waals surface area contributed by atoms with E-state index in [0.29, 0.717) is 0 Å². The number of fused-ring (bicyclic) bond motifs is 1. The summed E-state index contributed by atoms with van der Waals surface area (Å²) in [7, 11) is 0. The number of thiophene rings is 1. The van der Waals surface area contributed by atoms with Gasteiger partial charge in [0, 0.05) is 20.5 Å². The van der Waals surface area contributed by atoms with Crippen LogP contribution in [0.25, 0.3) is 15.7 Å². The van der Waals surface area contributed by atoms with Crippen molar-refractivity contribution < 1.29 is 0 Å². The molecule has 0 spiro atoms. The number of aryl methyl sites for hydroxylation is 1. The first kappa shape index (κ1) is 11.2. The third-order valence-electron chi connectivity index (χ3n) is 2.72. The van der Waals surface area contributed by atoms with Crippen LogP contribution < -0.4 is 0 Å². The van der Waals surface area contributed by atoms with Crippen molar-refractivity contribution >= 4 is 27.0 Å². The second-order valence-corrected chi connectivity index (χ2v) is 5.03. The summed E-state index contributed by atoms with van der Waals surface area (Å²) in [5.74, 6) is 0. The van der Waals surface area contributed by atoms with Crippen LogP contribution in [-0.4, -0.2) is 0 Å². The smallest absolute Gasteiger partial charge is 0.0352 e. The molecule has 0 nitrogen and oxygen atoms in total. The normalized spacial score (nSPS) is 12.8. The van der Waals surface area contributed by atoms with Crippen LogP contribution in [0.2, 0.25) is 0 Å². The van der Waals surface area contributed by atoms with E-state index in [1.54, 1.807) is 0 Å². The molecule has 0 saturated heterocycles. The summed E-state index contributed by atoms with van der Waals surface area (Å²) in [6.45, 7) is 6.36. The number of hydrogen-bond acceptors (Lipinski definition) is 1. The van der Waals surface area contributed by atoms with Gasteiger partial charge in [0.15, 0.2) is 0 Å². The Morgan fingerprint density at radius 3 is 2.62 bits per heavy atom. The molecule has 1 aromatic carbocycles. The van der Waals surface area contributed by atoms with Gasteiger partial charge in [0.05, 0.1) is 0 Å². The molecule has 0 aliphatic carbocycles. The molecule has 0 amide bonds. The summed E-state index contributed by atoms with van der Waals surface area (Å²) in [6, 6.07) is 8.62. The summed E-state index contributed by atoms with van der Waals surface area (Å²) in [5.41, 5.74) is 2.71. The van der Waals surface area contributed by atoms with Crippen LogP contribution in [0, 0.1) is 6.92 Å². The van der Waals surface area contributed by atoms with Crippen molar-refractivity contribution in [3.8, 4) is 0 Å². The lowest BCUT2D eigenvalue weighted by molar-refractivity contribution is 1.56. The van der Waals surface area contributed by atoms with Crippen LogP contribution in [0.15, 0.2) is 42.5 Å². The third kappa shape index (κ3) is 1.83. The van der Waals surface area contributed by atoms with Crippen molar-refractivity contribution in [2.75, 3.05) is 0 Å². The monoisotopic (exact) mass is 228 g/mol. The van der Waals surface area contributed by atoms with Crippen molar-refractivity contribution in [3.63, 3.8) is 0 Å². The van der Waals surface area contributed by atoms with Crippen molar-refractivity contribution in [1.82, 2.24) is 0 Å². The van der Waals surface area contributed by atoms with Crippen molar-refractivity contribution in [1.29, 1.82) is 0 Å². The first-order valence-electron chi connectivity index (χ1n) is 5.55. The van der Waals surface area contributed by atoms with Crippen molar-refractivity contribution in [2.45, 2.75) is 20.8 Å². The van der Waals surface area contributed by atoms with Crippen molar-refractivity contribution in [3.05, 3.63) is 52.9 Å². The fourth-order valence-electron chi connectivity index (χ4n) is 2.03. The van der Waals surface area contributed by atoms with Gasteiger partial charge in [-0.1, -0.05) is 36.4 Å². The van der Waals surface area contributed by atoms with Gasteiger partial charge in [-0.25, -0.2) is 0 Å². The fourth-order valence-corrected chi connectivity index (χ4v) is 3.12. The van der Waals surface area contributed by atoms with Crippen LogP contribution in [0.4, 0.5) is 0 Å². The largest absolute Gasteiger partial charge is 0.140 e. The van der Waals surface area contributed by atoms with Crippen molar-refractivity contribution in [2.24, 2.45) is 0 Å². The van der Waals surface area contributed by atoms with E-state index in [0.717, 1.165) is 0 Å². The maximum atomic E-state index is 2.21. The Bertz CT molecular complexity index is 556. The Morgan fingerprint density at radius 2 is 1.94 bits per heavy atom. The van der Waals surface area contributed by atoms with E-state index in [2.05, 4.69) is 63.3 Å². The molecule has 82 valence electrons. The van der Waals surface area contributed by atoms with E-state index in [1.807, 2.05) is 11.3 Å². The highest BCUT2D eigenvalue weighted by atomic mass is 32.1. The van der Waals surface area contributed by atoms with Gasteiger partial charge in [0.25, 0.3) is 0 Å². The van der Waals surface area contributed by atoms with E-state index in [9.17, 15) is 0 Å². The van der Waals surface area contributed by atoms with Gasteiger partial charge >= 0.3 is 0 Å². The summed E-state index contributed by atoms with van der Waals surface area (Å²) in [5, 5.41) is 1.37. The Labute approximate surface area is 101 Å². The highest BCUT2D eigenvalue weighted by molar-refractivity contribution is 7.19. The molecule has 0 fully saturated rings. The molecule has 0 aliphatic rings. The summed E-state index contributed by atoms with van der Waals surface area (Å²) >= 11 is 1.87. The molecule has 1 heterocycles. The molecule has 0 atom stereocenters. The maximum Gasteiger partial charge on any atom is 0.0352 e. The quantitative estimate of drug-likeness (QED) is 0.620. The second-order valence-electron chi connectivity index (χ2n) is 3.77. The molecule has 2 rings (SSSR count). The molecular formula is C15H16S. The minimum atomic E-state index is 1.32. The van der Waals surface area contributed by atoms with Crippen LogP contribution in [0.5, 0.6) is 0 Å². The standard InChI is InChI=1S/C15H16S/c1-4-8-12(5-2)15-11(3)16-14-10-7-6-9-13(14)15/h4-10H,1-3H3/b8-4-,12-5+. The average Bonchev–Trinajstić information content (AvgIpc) is 2.62. The van der Waals surface area contributed by atoms with Crippen LogP contribution in [0.1, 0.15) is 24.3 Å². The van der Waals surface area contributed by atoms with Gasteiger partial charge in [-0.05, 0) is 32.4 Å². The van der Waals surface area contributed by atoms with Crippen LogP contribution in [0.3, 0.4) is 0 Å². The molecule has 0 unspecified atom stereocenters. The lowest BCUT2D eigenvalue weighted by Gasteiger charge is -2.02. The summed E-state index contributed by atoms with van der Waals surface area (Å²) < 4.78 is 1.37. The molecular weight excluding hydrogens is 212 g/mol. The SMILES string of the molecule is C/C=C\C(=C/C)c1c(C)sc2ccccc12. The zero-order valence-electron chi connectivity index (χ0n) is 9.95. The third-order valence-corrected chi connectivity index (χ3v) is 3.80. The lowest BCUT2D eigenvalue weighted by atomic mass is 10.0. The molecule has 16 heavy (non-hydrogen) atoms. The first-order valence-corrected chi connectivity index (χ1v) is 6.37. The van der Waals surface area contributed by atoms with E-state index in [1.165, 1.54) is 26.1 Å². The van der Waals surface area contributed by atoms with Gasteiger partial charge in [-0.15, -0.1) is 11.3 Å². The molecule has 0 saturated carbocycles. The van der Waals surface area contributed by atoms with E-state index < -0.39 is 0 Å². The van der Waals surface area contributed by atoms with Gasteiger partial charge in [0.2, 0.25) is 0 Å². The maximum absolute atomic E-state index is 2.21. The molecule has 0 radical (unpaired) electrons. The van der Waals surface area contributed by atoms with Crippen LogP contribution in [-0.2, 0) is 0 Å². The minimum Gasteiger partial charge on any atom is -0.140 e. The minimum absolute atomic E-state index is 1.32.